The molecule has 170 valence electrons. The minimum atomic E-state index is -0.309. The number of hydrogen-bond acceptors (Lipinski definition) is 8. The van der Waals surface area contributed by atoms with Gasteiger partial charge in [-0.1, -0.05) is 6.92 Å². The SMILES string of the molecule is CNc1cc(F)cc2c1[nH]c1nc(Nc3cnc(C)nc3)nc(N3CC4[C@H](N)C[C@H]3[C@@H]4C)c12. The van der Waals surface area contributed by atoms with Crippen LogP contribution in [-0.4, -0.2) is 50.6 Å². The number of piperidine rings is 1. The summed E-state index contributed by atoms with van der Waals surface area (Å²) in [5, 5.41) is 7.88. The lowest BCUT2D eigenvalue weighted by Gasteiger charge is -2.31. The molecule has 1 aliphatic heterocycles. The molecule has 33 heavy (non-hydrogen) atoms. The van der Waals surface area contributed by atoms with Gasteiger partial charge in [0, 0.05) is 31.1 Å². The summed E-state index contributed by atoms with van der Waals surface area (Å²) in [5.74, 6) is 2.49. The van der Waals surface area contributed by atoms with E-state index in [1.165, 1.54) is 6.07 Å². The number of aromatic nitrogens is 5. The summed E-state index contributed by atoms with van der Waals surface area (Å²) in [4.78, 5) is 23.9. The van der Waals surface area contributed by atoms with E-state index in [4.69, 9.17) is 15.7 Å². The molecule has 0 amide bonds. The van der Waals surface area contributed by atoms with E-state index in [9.17, 15) is 4.39 Å². The second kappa shape index (κ2) is 7.24. The number of nitrogens with one attached hydrogen (secondary N) is 3. The molecule has 1 aromatic carbocycles. The number of benzene rings is 1. The molecule has 1 saturated heterocycles. The average Bonchev–Trinajstić information content (AvgIpc) is 3.41. The predicted molar refractivity (Wildman–Crippen MR) is 127 cm³/mol. The normalized spacial score (nSPS) is 24.2. The second-order valence-electron chi connectivity index (χ2n) is 9.13. The number of nitrogens with zero attached hydrogens (tertiary/aromatic N) is 5. The molecular formula is C23H26FN9. The van der Waals surface area contributed by atoms with Crippen molar-refractivity contribution in [2.45, 2.75) is 32.4 Å². The Balaban J connectivity index is 1.55. The van der Waals surface area contributed by atoms with Crippen molar-refractivity contribution in [3.05, 3.63) is 36.2 Å². The molecule has 1 aliphatic carbocycles. The van der Waals surface area contributed by atoms with Crippen LogP contribution in [0.15, 0.2) is 24.5 Å². The summed E-state index contributed by atoms with van der Waals surface area (Å²) in [6, 6.07) is 3.52. The molecule has 10 heteroatoms. The highest BCUT2D eigenvalue weighted by atomic mass is 19.1. The van der Waals surface area contributed by atoms with Gasteiger partial charge in [-0.2, -0.15) is 9.97 Å². The number of nitrogens with two attached hydrogens (primary N) is 1. The maximum absolute atomic E-state index is 14.5. The smallest absolute Gasteiger partial charge is 0.231 e. The zero-order chi connectivity index (χ0) is 22.9. The predicted octanol–water partition coefficient (Wildman–Crippen LogP) is 3.31. The molecule has 0 spiro atoms. The lowest BCUT2D eigenvalue weighted by atomic mass is 9.98. The van der Waals surface area contributed by atoms with Crippen molar-refractivity contribution >= 4 is 45.1 Å². The van der Waals surface area contributed by atoms with Gasteiger partial charge >= 0.3 is 0 Å². The van der Waals surface area contributed by atoms with Crippen molar-refractivity contribution in [1.82, 2.24) is 24.9 Å². The number of halogens is 1. The standard InChI is InChI=1S/C23H26FN9/c1-10-15-9-33(18(10)6-16(15)25)22-19-14-4-12(24)5-17(26-3)20(14)30-21(19)31-23(32-22)29-13-7-27-11(2)28-8-13/h4-5,7-8,10,15-16,18,26H,6,9,25H2,1-3H3,(H2,29,30,31,32)/t10-,15?,16-,18+/m1/s1. The Bertz CT molecular complexity index is 1370. The zero-order valence-electron chi connectivity index (χ0n) is 18.7. The number of rotatable bonds is 4. The van der Waals surface area contributed by atoms with Gasteiger partial charge < -0.3 is 26.3 Å². The fraction of sp³-hybridized carbons (Fsp3) is 0.391. The van der Waals surface area contributed by atoms with Crippen LogP contribution in [0, 0.1) is 24.6 Å². The molecule has 4 heterocycles. The molecule has 2 fully saturated rings. The molecule has 5 N–H and O–H groups in total. The van der Waals surface area contributed by atoms with Crippen molar-refractivity contribution < 1.29 is 4.39 Å². The third kappa shape index (κ3) is 3.08. The van der Waals surface area contributed by atoms with Gasteiger partial charge in [0.1, 0.15) is 23.1 Å². The van der Waals surface area contributed by atoms with Gasteiger partial charge in [0.05, 0.1) is 34.7 Å². The van der Waals surface area contributed by atoms with E-state index in [0.717, 1.165) is 35.1 Å². The van der Waals surface area contributed by atoms with E-state index in [2.05, 4.69) is 37.4 Å². The topological polar surface area (TPSA) is 121 Å². The largest absolute Gasteiger partial charge is 0.386 e. The van der Waals surface area contributed by atoms with Gasteiger partial charge in [-0.25, -0.2) is 14.4 Å². The van der Waals surface area contributed by atoms with E-state index < -0.39 is 0 Å². The van der Waals surface area contributed by atoms with Crippen LogP contribution in [0.4, 0.5) is 27.5 Å². The molecule has 9 nitrogen and oxygen atoms in total. The number of fused-ring (bicyclic) bond motifs is 5. The highest BCUT2D eigenvalue weighted by Gasteiger charge is 2.49. The monoisotopic (exact) mass is 447 g/mol. The van der Waals surface area contributed by atoms with Gasteiger partial charge in [-0.15, -0.1) is 0 Å². The maximum atomic E-state index is 14.5. The molecule has 2 bridgehead atoms. The Morgan fingerprint density at radius 2 is 2.00 bits per heavy atom. The Hall–Kier alpha value is -3.53. The highest BCUT2D eigenvalue weighted by Crippen LogP contribution is 2.46. The van der Waals surface area contributed by atoms with Gasteiger partial charge in [0.2, 0.25) is 5.95 Å². The van der Waals surface area contributed by atoms with Crippen molar-refractivity contribution in [3.63, 3.8) is 0 Å². The molecule has 3 aromatic heterocycles. The van der Waals surface area contributed by atoms with Crippen LogP contribution in [0.5, 0.6) is 0 Å². The Morgan fingerprint density at radius 3 is 2.67 bits per heavy atom. The summed E-state index contributed by atoms with van der Waals surface area (Å²) in [7, 11) is 1.78. The van der Waals surface area contributed by atoms with Gasteiger partial charge in [0.15, 0.2) is 0 Å². The van der Waals surface area contributed by atoms with Crippen LogP contribution in [0.2, 0.25) is 0 Å². The maximum Gasteiger partial charge on any atom is 0.231 e. The summed E-state index contributed by atoms with van der Waals surface area (Å²) in [6.07, 6.45) is 4.33. The molecule has 4 aromatic rings. The fourth-order valence-electron chi connectivity index (χ4n) is 5.55. The quantitative estimate of drug-likeness (QED) is 0.376. The first-order valence-corrected chi connectivity index (χ1v) is 11.2. The van der Waals surface area contributed by atoms with Gasteiger partial charge in [-0.3, -0.25) is 0 Å². The van der Waals surface area contributed by atoms with Crippen molar-refractivity contribution in [2.24, 2.45) is 17.6 Å². The molecule has 1 saturated carbocycles. The summed E-state index contributed by atoms with van der Waals surface area (Å²) >= 11 is 0. The third-order valence-corrected chi connectivity index (χ3v) is 7.24. The van der Waals surface area contributed by atoms with E-state index in [1.54, 1.807) is 25.5 Å². The number of H-pyrrole nitrogens is 1. The number of aryl methyl sites for hydroxylation is 1. The molecule has 1 unspecified atom stereocenters. The summed E-state index contributed by atoms with van der Waals surface area (Å²) in [6.45, 7) is 4.92. The third-order valence-electron chi connectivity index (χ3n) is 7.24. The first kappa shape index (κ1) is 20.1. The minimum Gasteiger partial charge on any atom is -0.386 e. The van der Waals surface area contributed by atoms with Crippen LogP contribution in [0.25, 0.3) is 21.9 Å². The fourth-order valence-corrected chi connectivity index (χ4v) is 5.55. The van der Waals surface area contributed by atoms with E-state index >= 15 is 0 Å². The minimum absolute atomic E-state index is 0.206. The second-order valence-corrected chi connectivity index (χ2v) is 9.13. The van der Waals surface area contributed by atoms with E-state index in [0.29, 0.717) is 46.7 Å². The van der Waals surface area contributed by atoms with Crippen LogP contribution < -0.4 is 21.3 Å². The highest BCUT2D eigenvalue weighted by molar-refractivity contribution is 6.15. The molecule has 6 rings (SSSR count). The number of anilines is 4. The van der Waals surface area contributed by atoms with Crippen LogP contribution in [0.1, 0.15) is 19.2 Å². The van der Waals surface area contributed by atoms with Crippen molar-refractivity contribution in [2.75, 3.05) is 29.1 Å². The molecule has 4 atom stereocenters. The van der Waals surface area contributed by atoms with Gasteiger partial charge in [0.25, 0.3) is 0 Å². The van der Waals surface area contributed by atoms with E-state index in [1.807, 2.05) is 6.92 Å². The van der Waals surface area contributed by atoms with Gasteiger partial charge in [-0.05, 0) is 37.3 Å². The van der Waals surface area contributed by atoms with Crippen molar-refractivity contribution in [3.8, 4) is 0 Å². The lowest BCUT2D eigenvalue weighted by molar-refractivity contribution is 0.436. The lowest BCUT2D eigenvalue weighted by Crippen LogP contribution is -2.41. The molecule has 2 aliphatic rings. The Labute approximate surface area is 190 Å². The summed E-state index contributed by atoms with van der Waals surface area (Å²) < 4.78 is 14.5. The van der Waals surface area contributed by atoms with Crippen molar-refractivity contribution in [1.29, 1.82) is 0 Å². The Morgan fingerprint density at radius 1 is 1.21 bits per heavy atom. The Kier molecular flexibility index (Phi) is 4.41. The first-order chi connectivity index (χ1) is 15.9. The number of hydrogen-bond donors (Lipinski definition) is 4. The molecular weight excluding hydrogens is 421 g/mol. The van der Waals surface area contributed by atoms with E-state index in [-0.39, 0.29) is 11.9 Å². The van der Waals surface area contributed by atoms with Crippen LogP contribution >= 0.6 is 0 Å². The average molecular weight is 448 g/mol. The molecule has 0 radical (unpaired) electrons. The zero-order valence-corrected chi connectivity index (χ0v) is 18.7. The van der Waals surface area contributed by atoms with Crippen LogP contribution in [0.3, 0.4) is 0 Å². The number of aromatic amines is 1. The first-order valence-electron chi connectivity index (χ1n) is 11.2. The van der Waals surface area contributed by atoms with Crippen LogP contribution in [-0.2, 0) is 0 Å². The summed E-state index contributed by atoms with van der Waals surface area (Å²) in [5.41, 5.74) is 9.20.